The molecule has 0 unspecified atom stereocenters. The average Bonchev–Trinajstić information content (AvgIpc) is 3.18. The molecule has 0 spiro atoms. The van der Waals surface area contributed by atoms with Crippen LogP contribution in [0.1, 0.15) is 11.5 Å². The molecule has 1 aliphatic heterocycles. The van der Waals surface area contributed by atoms with Crippen LogP contribution in [-0.4, -0.2) is 46.2 Å². The van der Waals surface area contributed by atoms with Crippen molar-refractivity contribution in [3.05, 3.63) is 72.1 Å². The summed E-state index contributed by atoms with van der Waals surface area (Å²) in [4.78, 5) is 14.5. The third kappa shape index (κ3) is 3.71. The van der Waals surface area contributed by atoms with Crippen LogP contribution in [0.3, 0.4) is 0 Å². The molecule has 6 heteroatoms. The SMILES string of the molecule is Cc1cc(CN2CCN(c3nc(-c4ccccc4)c4ccccc4n3)CC2)no1. The van der Waals surface area contributed by atoms with Crippen LogP contribution in [0.5, 0.6) is 0 Å². The van der Waals surface area contributed by atoms with Crippen molar-refractivity contribution in [2.75, 3.05) is 31.1 Å². The first-order valence-electron chi connectivity index (χ1n) is 9.98. The molecule has 0 amide bonds. The van der Waals surface area contributed by atoms with Gasteiger partial charge in [0, 0.05) is 49.7 Å². The molecule has 2 aromatic carbocycles. The minimum absolute atomic E-state index is 0.805. The average molecular weight is 385 g/mol. The van der Waals surface area contributed by atoms with Crippen LogP contribution in [-0.2, 0) is 6.54 Å². The first-order valence-corrected chi connectivity index (χ1v) is 9.98. The van der Waals surface area contributed by atoms with E-state index in [4.69, 9.17) is 14.5 Å². The fourth-order valence-electron chi connectivity index (χ4n) is 3.85. The number of nitrogens with zero attached hydrogens (tertiary/aromatic N) is 5. The second-order valence-corrected chi connectivity index (χ2v) is 7.45. The van der Waals surface area contributed by atoms with Crippen molar-refractivity contribution in [3.63, 3.8) is 0 Å². The quantitative estimate of drug-likeness (QED) is 0.531. The first-order chi connectivity index (χ1) is 14.3. The maximum absolute atomic E-state index is 5.19. The predicted octanol–water partition coefficient (Wildman–Crippen LogP) is 3.92. The van der Waals surface area contributed by atoms with Gasteiger partial charge >= 0.3 is 0 Å². The molecule has 3 heterocycles. The summed E-state index contributed by atoms with van der Waals surface area (Å²) >= 11 is 0. The molecule has 0 saturated carbocycles. The van der Waals surface area contributed by atoms with Crippen LogP contribution >= 0.6 is 0 Å². The first kappa shape index (κ1) is 17.8. The number of aromatic nitrogens is 3. The van der Waals surface area contributed by atoms with Crippen LogP contribution in [0, 0.1) is 6.92 Å². The van der Waals surface area contributed by atoms with Crippen LogP contribution < -0.4 is 4.90 Å². The van der Waals surface area contributed by atoms with E-state index in [2.05, 4.69) is 51.4 Å². The second kappa shape index (κ2) is 7.64. The third-order valence-corrected chi connectivity index (χ3v) is 5.36. The number of hydrogen-bond donors (Lipinski definition) is 0. The van der Waals surface area contributed by atoms with Crippen LogP contribution in [0.15, 0.2) is 65.2 Å². The molecule has 0 atom stereocenters. The Kier molecular flexibility index (Phi) is 4.69. The standard InChI is InChI=1S/C23H23N5O/c1-17-15-19(26-29-17)16-27-11-13-28(14-12-27)23-24-21-10-6-5-9-20(21)22(25-23)18-7-3-2-4-8-18/h2-10,15H,11-14,16H2,1H3. The number of aryl methyl sites for hydroxylation is 1. The van der Waals surface area contributed by atoms with E-state index in [0.29, 0.717) is 0 Å². The Morgan fingerprint density at radius 1 is 0.897 bits per heavy atom. The molecule has 1 saturated heterocycles. The largest absolute Gasteiger partial charge is 0.361 e. The summed E-state index contributed by atoms with van der Waals surface area (Å²) in [6.07, 6.45) is 0. The van der Waals surface area contributed by atoms with Gasteiger partial charge < -0.3 is 9.42 Å². The summed E-state index contributed by atoms with van der Waals surface area (Å²) < 4.78 is 5.19. The fraction of sp³-hybridized carbons (Fsp3) is 0.261. The van der Waals surface area contributed by atoms with Crippen molar-refractivity contribution in [2.45, 2.75) is 13.5 Å². The van der Waals surface area contributed by atoms with E-state index in [0.717, 1.165) is 72.3 Å². The number of hydrogen-bond acceptors (Lipinski definition) is 6. The predicted molar refractivity (Wildman–Crippen MR) is 114 cm³/mol. The van der Waals surface area contributed by atoms with E-state index in [1.165, 1.54) is 0 Å². The second-order valence-electron chi connectivity index (χ2n) is 7.45. The Morgan fingerprint density at radius 3 is 2.41 bits per heavy atom. The zero-order valence-corrected chi connectivity index (χ0v) is 16.5. The van der Waals surface area contributed by atoms with Crippen LogP contribution in [0.4, 0.5) is 5.95 Å². The lowest BCUT2D eigenvalue weighted by Crippen LogP contribution is -2.46. The summed E-state index contributed by atoms with van der Waals surface area (Å²) in [5, 5.41) is 5.20. The Bertz CT molecular complexity index is 1120. The van der Waals surface area contributed by atoms with Gasteiger partial charge in [-0.15, -0.1) is 0 Å². The zero-order valence-electron chi connectivity index (χ0n) is 16.5. The zero-order chi connectivity index (χ0) is 19.6. The van der Waals surface area contributed by atoms with Crippen molar-refractivity contribution in [1.82, 2.24) is 20.0 Å². The molecule has 4 aromatic rings. The number of fused-ring (bicyclic) bond motifs is 1. The van der Waals surface area contributed by atoms with Crippen molar-refractivity contribution in [1.29, 1.82) is 0 Å². The van der Waals surface area contributed by atoms with Crippen molar-refractivity contribution in [2.24, 2.45) is 0 Å². The fourth-order valence-corrected chi connectivity index (χ4v) is 3.85. The number of benzene rings is 2. The Morgan fingerprint density at radius 2 is 1.66 bits per heavy atom. The summed E-state index contributed by atoms with van der Waals surface area (Å²) in [5.41, 5.74) is 4.08. The summed E-state index contributed by atoms with van der Waals surface area (Å²) in [6, 6.07) is 20.6. The molecule has 6 nitrogen and oxygen atoms in total. The van der Waals surface area contributed by atoms with Gasteiger partial charge in [0.2, 0.25) is 5.95 Å². The van der Waals surface area contributed by atoms with E-state index in [1.54, 1.807) is 0 Å². The monoisotopic (exact) mass is 385 g/mol. The molecule has 2 aromatic heterocycles. The van der Waals surface area contributed by atoms with Gasteiger partial charge in [0.25, 0.3) is 0 Å². The third-order valence-electron chi connectivity index (χ3n) is 5.36. The molecular formula is C23H23N5O. The van der Waals surface area contributed by atoms with Gasteiger partial charge in [0.1, 0.15) is 5.76 Å². The summed E-state index contributed by atoms with van der Waals surface area (Å²) in [7, 11) is 0. The highest BCUT2D eigenvalue weighted by Gasteiger charge is 2.21. The van der Waals surface area contributed by atoms with Crippen LogP contribution in [0.2, 0.25) is 0 Å². The molecule has 5 rings (SSSR count). The highest BCUT2D eigenvalue weighted by Crippen LogP contribution is 2.28. The lowest BCUT2D eigenvalue weighted by Gasteiger charge is -2.34. The minimum Gasteiger partial charge on any atom is -0.361 e. The minimum atomic E-state index is 0.805. The summed E-state index contributed by atoms with van der Waals surface area (Å²) in [6.45, 7) is 6.42. The van der Waals surface area contributed by atoms with Gasteiger partial charge in [-0.3, -0.25) is 4.90 Å². The molecule has 29 heavy (non-hydrogen) atoms. The van der Waals surface area contributed by atoms with E-state index >= 15 is 0 Å². The van der Waals surface area contributed by atoms with Crippen molar-refractivity contribution in [3.8, 4) is 11.3 Å². The smallest absolute Gasteiger partial charge is 0.226 e. The van der Waals surface area contributed by atoms with Gasteiger partial charge in [-0.1, -0.05) is 53.7 Å². The maximum atomic E-state index is 5.19. The van der Waals surface area contributed by atoms with E-state index in [1.807, 2.05) is 31.2 Å². The molecule has 0 N–H and O–H groups in total. The molecule has 1 aliphatic rings. The number of para-hydroxylation sites is 1. The normalized spacial score (nSPS) is 15.1. The highest BCUT2D eigenvalue weighted by molar-refractivity contribution is 5.93. The van der Waals surface area contributed by atoms with Crippen molar-refractivity contribution < 1.29 is 4.52 Å². The van der Waals surface area contributed by atoms with Gasteiger partial charge in [0.15, 0.2) is 0 Å². The van der Waals surface area contributed by atoms with Crippen molar-refractivity contribution >= 4 is 16.9 Å². The van der Waals surface area contributed by atoms with E-state index in [9.17, 15) is 0 Å². The lowest BCUT2D eigenvalue weighted by atomic mass is 10.1. The number of piperazine rings is 1. The van der Waals surface area contributed by atoms with Gasteiger partial charge in [0.05, 0.1) is 16.9 Å². The van der Waals surface area contributed by atoms with Gasteiger partial charge in [-0.25, -0.2) is 9.97 Å². The molecular weight excluding hydrogens is 362 g/mol. The molecule has 0 aliphatic carbocycles. The Hall–Kier alpha value is -3.25. The number of rotatable bonds is 4. The molecule has 1 fully saturated rings. The van der Waals surface area contributed by atoms with Gasteiger partial charge in [-0.05, 0) is 13.0 Å². The lowest BCUT2D eigenvalue weighted by molar-refractivity contribution is 0.241. The van der Waals surface area contributed by atoms with E-state index in [-0.39, 0.29) is 0 Å². The molecule has 0 radical (unpaired) electrons. The van der Waals surface area contributed by atoms with Gasteiger partial charge in [-0.2, -0.15) is 0 Å². The van der Waals surface area contributed by atoms with Crippen LogP contribution in [0.25, 0.3) is 22.2 Å². The summed E-state index contributed by atoms with van der Waals surface area (Å²) in [5.74, 6) is 1.66. The highest BCUT2D eigenvalue weighted by atomic mass is 16.5. The Balaban J connectivity index is 1.39. The molecule has 146 valence electrons. The topological polar surface area (TPSA) is 58.3 Å². The maximum Gasteiger partial charge on any atom is 0.226 e. The number of anilines is 1. The molecule has 0 bridgehead atoms. The van der Waals surface area contributed by atoms with E-state index < -0.39 is 0 Å². The Labute approximate surface area is 169 Å².